The molecule has 1 fully saturated rings. The van der Waals surface area contributed by atoms with Gasteiger partial charge in [-0.3, -0.25) is 4.79 Å². The van der Waals surface area contributed by atoms with Crippen molar-refractivity contribution in [3.05, 3.63) is 64.8 Å². The van der Waals surface area contributed by atoms with E-state index in [0.29, 0.717) is 47.5 Å². The largest absolute Gasteiger partial charge is 0.486 e. The third-order valence-electron chi connectivity index (χ3n) is 5.71. The molecule has 2 aliphatic heterocycles. The van der Waals surface area contributed by atoms with Gasteiger partial charge in [0, 0.05) is 29.2 Å². The van der Waals surface area contributed by atoms with Gasteiger partial charge in [-0.15, -0.1) is 0 Å². The van der Waals surface area contributed by atoms with E-state index in [2.05, 4.69) is 5.16 Å². The SMILES string of the molecule is O=C(c1cc(-c2ccc3c(c2)OCCO3)on1)N(Cc1cccc(Cl)c1)C1CCS(=O)(=O)C1. The third-order valence-corrected chi connectivity index (χ3v) is 7.69. The first kappa shape index (κ1) is 21.8. The molecule has 1 amide bonds. The van der Waals surface area contributed by atoms with Gasteiger partial charge in [-0.05, 0) is 42.3 Å². The molecule has 2 aromatic carbocycles. The highest BCUT2D eigenvalue weighted by Gasteiger charge is 2.36. The Hall–Kier alpha value is -3.04. The minimum absolute atomic E-state index is 0.0538. The zero-order chi connectivity index (χ0) is 23.0. The number of nitrogens with zero attached hydrogens (tertiary/aromatic N) is 2. The van der Waals surface area contributed by atoms with Crippen molar-refractivity contribution in [2.24, 2.45) is 0 Å². The normalized spacial score (nSPS) is 18.8. The fraction of sp³-hybridized carbons (Fsp3) is 0.304. The Bertz CT molecular complexity index is 1310. The van der Waals surface area contributed by atoms with Crippen molar-refractivity contribution in [1.29, 1.82) is 0 Å². The number of halogens is 1. The van der Waals surface area contributed by atoms with Crippen LogP contribution in [-0.4, -0.2) is 55.1 Å². The highest BCUT2D eigenvalue weighted by atomic mass is 35.5. The molecule has 172 valence electrons. The van der Waals surface area contributed by atoms with Crippen LogP contribution in [0.1, 0.15) is 22.5 Å². The van der Waals surface area contributed by atoms with Gasteiger partial charge in [-0.25, -0.2) is 8.42 Å². The lowest BCUT2D eigenvalue weighted by atomic mass is 10.1. The molecule has 33 heavy (non-hydrogen) atoms. The number of amides is 1. The first-order chi connectivity index (χ1) is 15.9. The van der Waals surface area contributed by atoms with Gasteiger partial charge < -0.3 is 18.9 Å². The van der Waals surface area contributed by atoms with Gasteiger partial charge in [-0.2, -0.15) is 0 Å². The summed E-state index contributed by atoms with van der Waals surface area (Å²) in [6.45, 7) is 1.16. The Morgan fingerprint density at radius 3 is 2.67 bits per heavy atom. The molecule has 2 aliphatic rings. The summed E-state index contributed by atoms with van der Waals surface area (Å²) in [6, 6.07) is 13.6. The molecule has 3 heterocycles. The number of benzene rings is 2. The number of ether oxygens (including phenoxy) is 2. The second-order valence-electron chi connectivity index (χ2n) is 8.05. The van der Waals surface area contributed by atoms with Gasteiger partial charge in [0.1, 0.15) is 13.2 Å². The fourth-order valence-corrected chi connectivity index (χ4v) is 6.02. The molecule has 8 nitrogen and oxygen atoms in total. The monoisotopic (exact) mass is 488 g/mol. The lowest BCUT2D eigenvalue weighted by molar-refractivity contribution is 0.0670. The molecular formula is C23H21ClN2O6S. The van der Waals surface area contributed by atoms with E-state index >= 15 is 0 Å². The Morgan fingerprint density at radius 1 is 1.09 bits per heavy atom. The van der Waals surface area contributed by atoms with Crippen LogP contribution in [0.4, 0.5) is 0 Å². The van der Waals surface area contributed by atoms with Gasteiger partial charge in [-0.1, -0.05) is 28.9 Å². The number of rotatable bonds is 5. The van der Waals surface area contributed by atoms with Crippen molar-refractivity contribution in [3.63, 3.8) is 0 Å². The van der Waals surface area contributed by atoms with Crippen molar-refractivity contribution in [2.45, 2.75) is 19.0 Å². The summed E-state index contributed by atoms with van der Waals surface area (Å²) in [4.78, 5) is 15.0. The molecule has 0 N–H and O–H groups in total. The summed E-state index contributed by atoms with van der Waals surface area (Å²) >= 11 is 6.11. The molecule has 0 saturated carbocycles. The van der Waals surface area contributed by atoms with E-state index in [1.807, 2.05) is 6.07 Å². The quantitative estimate of drug-likeness (QED) is 0.541. The molecule has 5 rings (SSSR count). The van der Waals surface area contributed by atoms with Crippen LogP contribution >= 0.6 is 11.6 Å². The van der Waals surface area contributed by atoms with Crippen LogP contribution in [0.3, 0.4) is 0 Å². The molecule has 1 aromatic heterocycles. The molecule has 0 bridgehead atoms. The molecule has 0 aliphatic carbocycles. The molecule has 0 spiro atoms. The molecular weight excluding hydrogens is 468 g/mol. The predicted molar refractivity (Wildman–Crippen MR) is 121 cm³/mol. The van der Waals surface area contributed by atoms with Crippen LogP contribution in [0, 0.1) is 0 Å². The number of fused-ring (bicyclic) bond motifs is 1. The smallest absolute Gasteiger partial charge is 0.276 e. The third kappa shape index (κ3) is 4.69. The van der Waals surface area contributed by atoms with Crippen molar-refractivity contribution in [3.8, 4) is 22.8 Å². The molecule has 3 aromatic rings. The van der Waals surface area contributed by atoms with Crippen LogP contribution in [0.5, 0.6) is 11.5 Å². The maximum absolute atomic E-state index is 13.4. The molecule has 1 atom stereocenters. The summed E-state index contributed by atoms with van der Waals surface area (Å²) in [6.07, 6.45) is 0.376. The Morgan fingerprint density at radius 2 is 1.91 bits per heavy atom. The van der Waals surface area contributed by atoms with Crippen molar-refractivity contribution in [2.75, 3.05) is 24.7 Å². The number of carbonyl (C=O) groups is 1. The lowest BCUT2D eigenvalue weighted by Gasteiger charge is -2.27. The number of hydrogen-bond acceptors (Lipinski definition) is 7. The van der Waals surface area contributed by atoms with E-state index in [1.54, 1.807) is 47.4 Å². The Labute approximate surface area is 195 Å². The molecule has 10 heteroatoms. The highest BCUT2D eigenvalue weighted by Crippen LogP contribution is 2.35. The molecule has 1 saturated heterocycles. The summed E-state index contributed by atoms with van der Waals surface area (Å²) in [7, 11) is -3.19. The topological polar surface area (TPSA) is 98.9 Å². The summed E-state index contributed by atoms with van der Waals surface area (Å²) in [5.41, 5.74) is 1.59. The van der Waals surface area contributed by atoms with E-state index in [0.717, 1.165) is 5.56 Å². The van der Waals surface area contributed by atoms with E-state index in [4.69, 9.17) is 25.6 Å². The summed E-state index contributed by atoms with van der Waals surface area (Å²) in [5, 5.41) is 4.52. The maximum atomic E-state index is 13.4. The zero-order valence-electron chi connectivity index (χ0n) is 17.6. The van der Waals surface area contributed by atoms with Crippen LogP contribution in [-0.2, 0) is 16.4 Å². The minimum atomic E-state index is -3.19. The van der Waals surface area contributed by atoms with Crippen LogP contribution in [0.2, 0.25) is 5.02 Å². The predicted octanol–water partition coefficient (Wildman–Crippen LogP) is 3.60. The number of hydrogen-bond donors (Lipinski definition) is 0. The highest BCUT2D eigenvalue weighted by molar-refractivity contribution is 7.91. The van der Waals surface area contributed by atoms with Gasteiger partial charge in [0.05, 0.1) is 11.5 Å². The van der Waals surface area contributed by atoms with Crippen LogP contribution in [0.25, 0.3) is 11.3 Å². The summed E-state index contributed by atoms with van der Waals surface area (Å²) < 4.78 is 40.8. The van der Waals surface area contributed by atoms with Gasteiger partial charge in [0.25, 0.3) is 5.91 Å². The van der Waals surface area contributed by atoms with E-state index in [1.165, 1.54) is 0 Å². The lowest BCUT2D eigenvalue weighted by Crippen LogP contribution is -2.40. The number of carbonyl (C=O) groups excluding carboxylic acids is 1. The van der Waals surface area contributed by atoms with Crippen LogP contribution in [0.15, 0.2) is 53.1 Å². The van der Waals surface area contributed by atoms with Gasteiger partial charge >= 0.3 is 0 Å². The standard InChI is InChI=1S/C23H21ClN2O6S/c24-17-3-1-2-15(10-17)13-26(18-6-9-33(28,29)14-18)23(27)19-12-21(32-25-19)16-4-5-20-22(11-16)31-8-7-30-20/h1-5,10-12,18H,6-9,13-14H2. The van der Waals surface area contributed by atoms with Crippen molar-refractivity contribution in [1.82, 2.24) is 10.1 Å². The Kier molecular flexibility index (Phi) is 5.76. The average molecular weight is 489 g/mol. The number of aromatic nitrogens is 1. The first-order valence-electron chi connectivity index (χ1n) is 10.5. The van der Waals surface area contributed by atoms with E-state index in [9.17, 15) is 13.2 Å². The molecule has 1 unspecified atom stereocenters. The minimum Gasteiger partial charge on any atom is -0.486 e. The van der Waals surface area contributed by atoms with E-state index in [-0.39, 0.29) is 23.7 Å². The van der Waals surface area contributed by atoms with Gasteiger partial charge in [0.15, 0.2) is 32.8 Å². The van der Waals surface area contributed by atoms with E-state index < -0.39 is 21.8 Å². The molecule has 0 radical (unpaired) electrons. The second-order valence-corrected chi connectivity index (χ2v) is 10.7. The number of sulfone groups is 1. The zero-order valence-corrected chi connectivity index (χ0v) is 19.1. The van der Waals surface area contributed by atoms with Gasteiger partial charge in [0.2, 0.25) is 0 Å². The Balaban J connectivity index is 1.43. The van der Waals surface area contributed by atoms with Crippen molar-refractivity contribution >= 4 is 27.3 Å². The average Bonchev–Trinajstić information content (AvgIpc) is 3.43. The second kappa shape index (κ2) is 8.72. The summed E-state index contributed by atoms with van der Waals surface area (Å²) in [5.74, 6) is 1.23. The first-order valence-corrected chi connectivity index (χ1v) is 12.7. The van der Waals surface area contributed by atoms with Crippen molar-refractivity contribution < 1.29 is 27.2 Å². The maximum Gasteiger partial charge on any atom is 0.276 e. The fourth-order valence-electron chi connectivity index (χ4n) is 4.08. The van der Waals surface area contributed by atoms with Crippen LogP contribution < -0.4 is 9.47 Å².